The summed E-state index contributed by atoms with van der Waals surface area (Å²) in [6.07, 6.45) is -1.56. The van der Waals surface area contributed by atoms with Crippen molar-refractivity contribution in [1.82, 2.24) is 14.9 Å². The van der Waals surface area contributed by atoms with Gasteiger partial charge in [0, 0.05) is 5.56 Å². The van der Waals surface area contributed by atoms with E-state index >= 15 is 0 Å². The molecule has 0 saturated carbocycles. The highest BCUT2D eigenvalue weighted by Crippen LogP contribution is 2.17. The highest BCUT2D eigenvalue weighted by Gasteiger charge is 2.15. The van der Waals surface area contributed by atoms with Crippen LogP contribution in [0.3, 0.4) is 0 Å². The van der Waals surface area contributed by atoms with Gasteiger partial charge in [0.15, 0.2) is 0 Å². The maximum Gasteiger partial charge on any atom is 0.299 e. The van der Waals surface area contributed by atoms with Gasteiger partial charge >= 0.3 is 0 Å². The second kappa shape index (κ2) is 5.05. The average Bonchev–Trinajstić information content (AvgIpc) is 2.70. The van der Waals surface area contributed by atoms with Gasteiger partial charge in [-0.15, -0.1) is 0 Å². The maximum absolute atomic E-state index is 12.6. The van der Waals surface area contributed by atoms with Crippen molar-refractivity contribution in [3.05, 3.63) is 40.4 Å². The number of nitrogens with zero attached hydrogens (tertiary/aromatic N) is 3. The van der Waals surface area contributed by atoms with Crippen LogP contribution in [0.4, 0.5) is 8.78 Å². The lowest BCUT2D eigenvalue weighted by molar-refractivity contribution is 0.136. The summed E-state index contributed by atoms with van der Waals surface area (Å²) >= 11 is 4.78. The Bertz CT molecular complexity index is 635. The van der Waals surface area contributed by atoms with Gasteiger partial charge in [-0.25, -0.2) is 13.9 Å². The molecule has 5 nitrogen and oxygen atoms in total. The summed E-state index contributed by atoms with van der Waals surface area (Å²) in [5, 5.41) is 18.9. The number of aromatic amines is 1. The van der Waals surface area contributed by atoms with Gasteiger partial charge in [0.05, 0.1) is 6.21 Å². The molecule has 0 unspecified atom stereocenters. The average molecular weight is 270 g/mol. The van der Waals surface area contributed by atoms with Crippen molar-refractivity contribution in [1.29, 1.82) is 0 Å². The quantitative estimate of drug-likeness (QED) is 0.665. The maximum atomic E-state index is 12.6. The largest absolute Gasteiger partial charge is 0.507 e. The Balaban J connectivity index is 2.38. The molecule has 2 rings (SSSR count). The van der Waals surface area contributed by atoms with Crippen molar-refractivity contribution in [3.8, 4) is 5.75 Å². The summed E-state index contributed by atoms with van der Waals surface area (Å²) in [6, 6.07) is 6.37. The predicted octanol–water partition coefficient (Wildman–Crippen LogP) is 2.47. The first kappa shape index (κ1) is 12.4. The second-order valence-electron chi connectivity index (χ2n) is 3.30. The van der Waals surface area contributed by atoms with Crippen LogP contribution in [0, 0.1) is 4.77 Å². The third-order valence-electron chi connectivity index (χ3n) is 2.12. The number of alkyl halides is 2. The number of halogens is 2. The molecule has 1 aromatic carbocycles. The Morgan fingerprint density at radius 2 is 2.17 bits per heavy atom. The molecule has 0 fully saturated rings. The van der Waals surface area contributed by atoms with Gasteiger partial charge < -0.3 is 5.11 Å². The molecule has 0 saturated heterocycles. The lowest BCUT2D eigenvalue weighted by atomic mass is 10.2. The van der Waals surface area contributed by atoms with E-state index in [2.05, 4.69) is 15.3 Å². The van der Waals surface area contributed by atoms with E-state index in [9.17, 15) is 13.9 Å². The molecule has 1 heterocycles. The monoisotopic (exact) mass is 270 g/mol. The minimum atomic E-state index is -2.79. The van der Waals surface area contributed by atoms with Crippen LogP contribution in [-0.4, -0.2) is 26.2 Å². The molecular weight excluding hydrogens is 262 g/mol. The summed E-state index contributed by atoms with van der Waals surface area (Å²) in [5.41, 5.74) is 0.390. The number of H-pyrrole nitrogens is 1. The van der Waals surface area contributed by atoms with Crippen molar-refractivity contribution in [2.75, 3.05) is 0 Å². The summed E-state index contributed by atoms with van der Waals surface area (Å²) in [6.45, 7) is 0. The highest BCUT2D eigenvalue weighted by molar-refractivity contribution is 7.71. The molecule has 0 amide bonds. The van der Waals surface area contributed by atoms with Gasteiger partial charge in [-0.2, -0.15) is 14.9 Å². The fraction of sp³-hybridized carbons (Fsp3) is 0.100. The van der Waals surface area contributed by atoms with Crippen LogP contribution in [0.1, 0.15) is 17.8 Å². The molecule has 94 valence electrons. The van der Waals surface area contributed by atoms with Crippen LogP contribution in [0.15, 0.2) is 29.4 Å². The molecule has 18 heavy (non-hydrogen) atoms. The summed E-state index contributed by atoms with van der Waals surface area (Å²) in [4.78, 5) is 0. The van der Waals surface area contributed by atoms with Gasteiger partial charge in [0.2, 0.25) is 10.6 Å². The Hall–Kier alpha value is -2.09. The van der Waals surface area contributed by atoms with Gasteiger partial charge in [-0.1, -0.05) is 12.1 Å². The lowest BCUT2D eigenvalue weighted by Gasteiger charge is -1.99. The molecule has 2 aromatic rings. The van der Waals surface area contributed by atoms with Gasteiger partial charge in [0.25, 0.3) is 6.43 Å². The van der Waals surface area contributed by atoms with Crippen molar-refractivity contribution in [2.24, 2.45) is 5.10 Å². The van der Waals surface area contributed by atoms with Crippen molar-refractivity contribution >= 4 is 18.4 Å². The van der Waals surface area contributed by atoms with E-state index in [1.54, 1.807) is 18.2 Å². The standard InChI is InChI=1S/C10H8F2N4OS/c11-8(12)9-14-15-10(18)16(9)13-5-6-3-1-2-4-7(6)17/h1-5,8,17H,(H,15,18)/b13-5+. The topological polar surface area (TPSA) is 66.2 Å². The third kappa shape index (κ3) is 2.43. The van der Waals surface area contributed by atoms with Crippen LogP contribution >= 0.6 is 12.2 Å². The fourth-order valence-corrected chi connectivity index (χ4v) is 1.46. The van der Waals surface area contributed by atoms with Crippen LogP contribution in [0.25, 0.3) is 0 Å². The van der Waals surface area contributed by atoms with Gasteiger partial charge in [0.1, 0.15) is 5.75 Å². The van der Waals surface area contributed by atoms with Crippen LogP contribution in [0.5, 0.6) is 5.75 Å². The number of hydrogen-bond donors (Lipinski definition) is 2. The number of benzene rings is 1. The SMILES string of the molecule is Oc1ccccc1/C=N/n1c(C(F)F)n[nH]c1=S. The Kier molecular flexibility index (Phi) is 3.47. The van der Waals surface area contributed by atoms with E-state index in [0.29, 0.717) is 5.56 Å². The Morgan fingerprint density at radius 1 is 1.44 bits per heavy atom. The fourth-order valence-electron chi connectivity index (χ4n) is 1.27. The Labute approximate surface area is 105 Å². The van der Waals surface area contributed by atoms with Crippen molar-refractivity contribution in [3.63, 3.8) is 0 Å². The number of para-hydroxylation sites is 1. The number of phenols is 1. The van der Waals surface area contributed by atoms with Gasteiger partial charge in [-0.05, 0) is 24.4 Å². The van der Waals surface area contributed by atoms with E-state index in [0.717, 1.165) is 4.68 Å². The summed E-state index contributed by atoms with van der Waals surface area (Å²) in [7, 11) is 0. The van der Waals surface area contributed by atoms with E-state index in [-0.39, 0.29) is 10.5 Å². The second-order valence-corrected chi connectivity index (χ2v) is 3.69. The van der Waals surface area contributed by atoms with Crippen LogP contribution < -0.4 is 0 Å². The number of aromatic nitrogens is 3. The van der Waals surface area contributed by atoms with Gasteiger partial charge in [-0.3, -0.25) is 0 Å². The first-order chi connectivity index (χ1) is 8.59. The third-order valence-corrected chi connectivity index (χ3v) is 2.38. The normalized spacial score (nSPS) is 11.5. The van der Waals surface area contributed by atoms with E-state index in [1.165, 1.54) is 12.3 Å². The molecule has 0 bridgehead atoms. The molecule has 0 atom stereocenters. The predicted molar refractivity (Wildman–Crippen MR) is 63.5 cm³/mol. The van der Waals surface area contributed by atoms with Crippen LogP contribution in [0.2, 0.25) is 0 Å². The lowest BCUT2D eigenvalue weighted by Crippen LogP contribution is -1.99. The first-order valence-corrected chi connectivity index (χ1v) is 5.28. The van der Waals surface area contributed by atoms with E-state index in [1.807, 2.05) is 0 Å². The number of aromatic hydroxyl groups is 1. The molecule has 8 heteroatoms. The Morgan fingerprint density at radius 3 is 2.83 bits per heavy atom. The smallest absolute Gasteiger partial charge is 0.299 e. The highest BCUT2D eigenvalue weighted by atomic mass is 32.1. The first-order valence-electron chi connectivity index (χ1n) is 4.87. The molecular formula is C10H8F2N4OS. The number of hydrogen-bond acceptors (Lipinski definition) is 4. The van der Waals surface area contributed by atoms with Crippen LogP contribution in [-0.2, 0) is 0 Å². The molecule has 2 N–H and O–H groups in total. The zero-order chi connectivity index (χ0) is 13.1. The zero-order valence-electron chi connectivity index (χ0n) is 8.92. The number of phenolic OH excluding ortho intramolecular Hbond substituents is 1. The van der Waals surface area contributed by atoms with Crippen molar-refractivity contribution < 1.29 is 13.9 Å². The molecule has 0 radical (unpaired) electrons. The summed E-state index contributed by atoms with van der Waals surface area (Å²) in [5.74, 6) is -0.582. The minimum Gasteiger partial charge on any atom is -0.507 e. The zero-order valence-corrected chi connectivity index (χ0v) is 9.73. The molecule has 0 aliphatic heterocycles. The van der Waals surface area contributed by atoms with E-state index in [4.69, 9.17) is 12.2 Å². The molecule has 0 aliphatic rings. The van der Waals surface area contributed by atoms with E-state index < -0.39 is 12.2 Å². The molecule has 0 spiro atoms. The minimum absolute atomic E-state index is 0.00476. The summed E-state index contributed by atoms with van der Waals surface area (Å²) < 4.78 is 25.9. The molecule has 0 aliphatic carbocycles. The van der Waals surface area contributed by atoms with Crippen molar-refractivity contribution in [2.45, 2.75) is 6.43 Å². The number of nitrogens with one attached hydrogen (secondary N) is 1. The number of rotatable bonds is 3. The molecule has 1 aromatic heterocycles.